The van der Waals surface area contributed by atoms with Gasteiger partial charge in [-0.15, -0.1) is 10.2 Å². The zero-order chi connectivity index (χ0) is 22.7. The number of nitrogens with zero attached hydrogens (tertiary/aromatic N) is 3. The maximum atomic E-state index is 13.4. The Morgan fingerprint density at radius 3 is 2.41 bits per heavy atom. The summed E-state index contributed by atoms with van der Waals surface area (Å²) in [4.78, 5) is 0. The van der Waals surface area contributed by atoms with Crippen molar-refractivity contribution >= 4 is 23.4 Å². The van der Waals surface area contributed by atoms with Gasteiger partial charge in [0.2, 0.25) is 0 Å². The van der Waals surface area contributed by atoms with E-state index in [0.29, 0.717) is 38.8 Å². The van der Waals surface area contributed by atoms with Gasteiger partial charge in [-0.05, 0) is 60.2 Å². The molecule has 0 saturated heterocycles. The lowest BCUT2D eigenvalue weighted by Crippen LogP contribution is -2.07. The molecule has 0 atom stereocenters. The molecule has 1 heterocycles. The lowest BCUT2D eigenvalue weighted by atomic mass is 10.1. The Morgan fingerprint density at radius 2 is 1.72 bits per heavy atom. The topological polar surface area (TPSA) is 39.9 Å². The summed E-state index contributed by atoms with van der Waals surface area (Å²) in [5.41, 5.74) is 1.25. The molecule has 0 fully saturated rings. The molecule has 0 saturated carbocycles. The molecule has 3 aromatic carbocycles. The first-order valence-corrected chi connectivity index (χ1v) is 10.9. The summed E-state index contributed by atoms with van der Waals surface area (Å²) < 4.78 is 46.9. The zero-order valence-corrected chi connectivity index (χ0v) is 18.4. The molecular formula is C23H17ClF3N3OS. The summed E-state index contributed by atoms with van der Waals surface area (Å²) in [6, 6.07) is 19.6. The van der Waals surface area contributed by atoms with Gasteiger partial charge < -0.3 is 4.74 Å². The highest BCUT2D eigenvalue weighted by Crippen LogP contribution is 2.34. The fraction of sp³-hybridized carbons (Fsp3) is 0.130. The molecule has 0 spiro atoms. The Kier molecular flexibility index (Phi) is 6.43. The smallest absolute Gasteiger partial charge is 0.416 e. The fourth-order valence-corrected chi connectivity index (χ4v) is 4.23. The average Bonchev–Trinajstić information content (AvgIpc) is 3.21. The predicted octanol–water partition coefficient (Wildman–Crippen LogP) is 6.91. The van der Waals surface area contributed by atoms with E-state index in [1.165, 1.54) is 17.8 Å². The maximum absolute atomic E-state index is 13.4. The third-order valence-corrected chi connectivity index (χ3v) is 5.91. The molecule has 32 heavy (non-hydrogen) atoms. The second-order valence-corrected chi connectivity index (χ2v) is 8.22. The Hall–Kier alpha value is -2.97. The van der Waals surface area contributed by atoms with E-state index in [4.69, 9.17) is 16.3 Å². The molecule has 4 aromatic rings. The van der Waals surface area contributed by atoms with Gasteiger partial charge in [-0.3, -0.25) is 4.57 Å². The van der Waals surface area contributed by atoms with Crippen LogP contribution in [0.25, 0.3) is 17.1 Å². The second-order valence-electron chi connectivity index (χ2n) is 6.84. The van der Waals surface area contributed by atoms with Crippen molar-refractivity contribution < 1.29 is 17.9 Å². The number of halogens is 4. The van der Waals surface area contributed by atoms with E-state index in [0.717, 1.165) is 17.7 Å². The van der Waals surface area contributed by atoms with Gasteiger partial charge in [-0.2, -0.15) is 13.2 Å². The number of hydrogen-bond acceptors (Lipinski definition) is 4. The van der Waals surface area contributed by atoms with Crippen molar-refractivity contribution in [3.63, 3.8) is 0 Å². The number of thioether (sulfide) groups is 1. The highest BCUT2D eigenvalue weighted by molar-refractivity contribution is 7.98. The minimum absolute atomic E-state index is 0.323. The molecule has 0 aliphatic rings. The van der Waals surface area contributed by atoms with Crippen molar-refractivity contribution in [2.24, 2.45) is 0 Å². The van der Waals surface area contributed by atoms with E-state index < -0.39 is 11.7 Å². The van der Waals surface area contributed by atoms with Crippen molar-refractivity contribution in [1.29, 1.82) is 0 Å². The normalized spacial score (nSPS) is 11.5. The number of rotatable bonds is 6. The van der Waals surface area contributed by atoms with Crippen LogP contribution >= 0.6 is 23.4 Å². The minimum Gasteiger partial charge on any atom is -0.497 e. The average molecular weight is 476 g/mol. The first-order valence-electron chi connectivity index (χ1n) is 9.50. The molecule has 0 N–H and O–H groups in total. The van der Waals surface area contributed by atoms with E-state index in [-0.39, 0.29) is 0 Å². The monoisotopic (exact) mass is 475 g/mol. The number of benzene rings is 3. The maximum Gasteiger partial charge on any atom is 0.416 e. The van der Waals surface area contributed by atoms with E-state index in [9.17, 15) is 13.2 Å². The third-order valence-electron chi connectivity index (χ3n) is 4.67. The van der Waals surface area contributed by atoms with Gasteiger partial charge in [0.1, 0.15) is 5.75 Å². The Bertz CT molecular complexity index is 1230. The van der Waals surface area contributed by atoms with Crippen LogP contribution < -0.4 is 4.74 Å². The number of ether oxygens (including phenoxy) is 1. The van der Waals surface area contributed by atoms with E-state index in [1.54, 1.807) is 48.1 Å². The van der Waals surface area contributed by atoms with Crippen molar-refractivity contribution in [1.82, 2.24) is 14.8 Å². The van der Waals surface area contributed by atoms with E-state index >= 15 is 0 Å². The van der Waals surface area contributed by atoms with Gasteiger partial charge in [0.15, 0.2) is 11.0 Å². The number of aromatic nitrogens is 3. The minimum atomic E-state index is -4.46. The Morgan fingerprint density at radius 1 is 0.969 bits per heavy atom. The van der Waals surface area contributed by atoms with Crippen molar-refractivity contribution in [3.05, 3.63) is 88.9 Å². The first-order chi connectivity index (χ1) is 15.3. The van der Waals surface area contributed by atoms with Crippen LogP contribution in [0.15, 0.2) is 78.0 Å². The van der Waals surface area contributed by atoms with Gasteiger partial charge >= 0.3 is 6.18 Å². The summed E-state index contributed by atoms with van der Waals surface area (Å²) in [5.74, 6) is 1.62. The van der Waals surface area contributed by atoms with Gasteiger partial charge in [-0.25, -0.2) is 0 Å². The van der Waals surface area contributed by atoms with Crippen LogP contribution in [0.2, 0.25) is 5.02 Å². The summed E-state index contributed by atoms with van der Waals surface area (Å²) in [5, 5.41) is 9.64. The molecule has 4 nitrogen and oxygen atoms in total. The number of hydrogen-bond donors (Lipinski definition) is 0. The van der Waals surface area contributed by atoms with Crippen LogP contribution in [-0.4, -0.2) is 21.9 Å². The van der Waals surface area contributed by atoms with Gasteiger partial charge in [0, 0.05) is 16.3 Å². The lowest BCUT2D eigenvalue weighted by Gasteiger charge is -2.13. The van der Waals surface area contributed by atoms with Crippen LogP contribution in [-0.2, 0) is 11.9 Å². The first kappa shape index (κ1) is 22.2. The van der Waals surface area contributed by atoms with E-state index in [1.807, 2.05) is 18.2 Å². The number of methoxy groups -OCH3 is 1. The fourth-order valence-electron chi connectivity index (χ4n) is 3.12. The molecule has 1 aromatic heterocycles. The van der Waals surface area contributed by atoms with Crippen molar-refractivity contribution in [2.75, 3.05) is 7.11 Å². The van der Waals surface area contributed by atoms with Crippen LogP contribution in [0.4, 0.5) is 13.2 Å². The molecule has 0 bridgehead atoms. The van der Waals surface area contributed by atoms with Gasteiger partial charge in [0.05, 0.1) is 18.4 Å². The van der Waals surface area contributed by atoms with Gasteiger partial charge in [0.25, 0.3) is 0 Å². The van der Waals surface area contributed by atoms with Crippen LogP contribution in [0.1, 0.15) is 11.1 Å². The van der Waals surface area contributed by atoms with Crippen LogP contribution in [0.5, 0.6) is 5.75 Å². The van der Waals surface area contributed by atoms with E-state index in [2.05, 4.69) is 10.2 Å². The van der Waals surface area contributed by atoms with Crippen molar-refractivity contribution in [2.45, 2.75) is 17.1 Å². The van der Waals surface area contributed by atoms with Gasteiger partial charge in [-0.1, -0.05) is 41.6 Å². The highest BCUT2D eigenvalue weighted by Gasteiger charge is 2.31. The highest BCUT2D eigenvalue weighted by atomic mass is 35.5. The molecule has 0 amide bonds. The molecule has 0 unspecified atom stereocenters. The summed E-state index contributed by atoms with van der Waals surface area (Å²) in [7, 11) is 1.56. The predicted molar refractivity (Wildman–Crippen MR) is 119 cm³/mol. The molecule has 9 heteroatoms. The van der Waals surface area contributed by atoms with Crippen LogP contribution in [0, 0.1) is 0 Å². The molecule has 0 radical (unpaired) electrons. The SMILES string of the molecule is COc1ccc(-c2nnc(SCc3cccc(Cl)c3)n2-c2cccc(C(F)(F)F)c2)cc1. The Balaban J connectivity index is 1.77. The molecular weight excluding hydrogens is 459 g/mol. The molecule has 4 rings (SSSR count). The summed E-state index contributed by atoms with van der Waals surface area (Å²) in [6.07, 6.45) is -4.46. The quantitative estimate of drug-likeness (QED) is 0.284. The van der Waals surface area contributed by atoms with Crippen molar-refractivity contribution in [3.8, 4) is 22.8 Å². The third kappa shape index (κ3) is 4.92. The second kappa shape index (κ2) is 9.26. The Labute approximate surface area is 192 Å². The van der Waals surface area contributed by atoms with Crippen LogP contribution in [0.3, 0.4) is 0 Å². The lowest BCUT2D eigenvalue weighted by molar-refractivity contribution is -0.137. The zero-order valence-electron chi connectivity index (χ0n) is 16.8. The molecule has 0 aliphatic heterocycles. The molecule has 0 aliphatic carbocycles. The molecule has 164 valence electrons. The largest absolute Gasteiger partial charge is 0.497 e. The number of alkyl halides is 3. The summed E-state index contributed by atoms with van der Waals surface area (Å²) >= 11 is 7.43. The summed E-state index contributed by atoms with van der Waals surface area (Å²) in [6.45, 7) is 0. The standard InChI is InChI=1S/C23H17ClF3N3OS/c1-31-20-10-8-16(9-11-20)21-28-29-22(32-14-15-4-2-6-18(24)12-15)30(21)19-7-3-5-17(13-19)23(25,26)27/h2-13H,14H2,1H3.